The molecule has 2 N–H and O–H groups in total. The Balaban J connectivity index is 2.66. The molecule has 1 unspecified atom stereocenters. The van der Waals surface area contributed by atoms with Crippen LogP contribution in [0.5, 0.6) is 0 Å². The van der Waals surface area contributed by atoms with Gasteiger partial charge in [0.05, 0.1) is 0 Å². The highest BCUT2D eigenvalue weighted by molar-refractivity contribution is 5.38. The van der Waals surface area contributed by atoms with Gasteiger partial charge in [0.25, 0.3) is 0 Å². The number of terminal acetylenes is 1. The van der Waals surface area contributed by atoms with Crippen LogP contribution in [-0.2, 0) is 0 Å². The fourth-order valence-corrected chi connectivity index (χ4v) is 0.744. The van der Waals surface area contributed by atoms with Gasteiger partial charge in [0.2, 0.25) is 0 Å². The molecule has 0 aromatic rings. The van der Waals surface area contributed by atoms with Crippen molar-refractivity contribution in [2.75, 3.05) is 0 Å². The highest BCUT2D eigenvalue weighted by Gasteiger charge is 1.99. The monoisotopic (exact) mass is 119 g/mol. The molecule has 0 radical (unpaired) electrons. The molecule has 0 spiro atoms. The fraction of sp³-hybridized carbons (Fsp3) is 0.250. The first-order valence-corrected chi connectivity index (χ1v) is 2.93. The third kappa shape index (κ3) is 1.45. The molecular weight excluding hydrogens is 110 g/mol. The summed E-state index contributed by atoms with van der Waals surface area (Å²) in [4.78, 5) is 0. The Morgan fingerprint density at radius 1 is 1.78 bits per heavy atom. The van der Waals surface area contributed by atoms with Crippen molar-refractivity contribution >= 4 is 0 Å². The summed E-state index contributed by atoms with van der Waals surface area (Å²) in [5, 5.41) is 0. The van der Waals surface area contributed by atoms with Crippen LogP contribution in [0.4, 0.5) is 0 Å². The van der Waals surface area contributed by atoms with Crippen LogP contribution in [-0.4, -0.2) is 6.04 Å². The fourth-order valence-electron chi connectivity index (χ4n) is 0.744. The largest absolute Gasteiger partial charge is 0.324 e. The first-order valence-electron chi connectivity index (χ1n) is 2.93. The lowest BCUT2D eigenvalue weighted by Crippen LogP contribution is -2.17. The Morgan fingerprint density at radius 3 is 3.00 bits per heavy atom. The molecule has 0 bridgehead atoms. The van der Waals surface area contributed by atoms with E-state index in [-0.39, 0.29) is 6.04 Å². The standard InChI is InChI=1S/C8H9N/c1-2-7-3-5-8(9)6-4-7/h1,3-5,8H,6,9H2. The zero-order valence-electron chi connectivity index (χ0n) is 5.17. The first kappa shape index (κ1) is 6.12. The molecular formula is C8H9N. The molecule has 1 heteroatoms. The quantitative estimate of drug-likeness (QED) is 0.470. The van der Waals surface area contributed by atoms with Gasteiger partial charge in [-0.05, 0) is 12.5 Å². The summed E-state index contributed by atoms with van der Waals surface area (Å²) in [6.07, 6.45) is 11.8. The topological polar surface area (TPSA) is 26.0 Å². The van der Waals surface area contributed by atoms with E-state index in [4.69, 9.17) is 12.2 Å². The molecule has 1 aliphatic rings. The second kappa shape index (κ2) is 2.52. The first-order chi connectivity index (χ1) is 4.33. The van der Waals surface area contributed by atoms with E-state index in [1.165, 1.54) is 0 Å². The minimum absolute atomic E-state index is 0.169. The van der Waals surface area contributed by atoms with E-state index in [0.717, 1.165) is 12.0 Å². The Labute approximate surface area is 55.2 Å². The van der Waals surface area contributed by atoms with E-state index < -0.39 is 0 Å². The normalized spacial score (nSPS) is 24.9. The van der Waals surface area contributed by atoms with Crippen LogP contribution in [0.3, 0.4) is 0 Å². The zero-order valence-corrected chi connectivity index (χ0v) is 5.17. The lowest BCUT2D eigenvalue weighted by molar-refractivity contribution is 0.822. The SMILES string of the molecule is C#CC1=CCC(N)C=C1. The molecule has 46 valence electrons. The zero-order chi connectivity index (χ0) is 6.69. The Bertz CT molecular complexity index is 193. The summed E-state index contributed by atoms with van der Waals surface area (Å²) in [5.74, 6) is 2.54. The van der Waals surface area contributed by atoms with Crippen LogP contribution in [0.2, 0.25) is 0 Å². The van der Waals surface area contributed by atoms with Gasteiger partial charge in [-0.25, -0.2) is 0 Å². The number of nitrogens with two attached hydrogens (primary N) is 1. The lowest BCUT2D eigenvalue weighted by atomic mass is 10.0. The van der Waals surface area contributed by atoms with Gasteiger partial charge in [-0.2, -0.15) is 0 Å². The van der Waals surface area contributed by atoms with E-state index in [1.54, 1.807) is 0 Å². The molecule has 1 atom stereocenters. The van der Waals surface area contributed by atoms with Gasteiger partial charge >= 0.3 is 0 Å². The average molecular weight is 119 g/mol. The summed E-state index contributed by atoms with van der Waals surface area (Å²) in [6, 6.07) is 0.169. The molecule has 0 fully saturated rings. The van der Waals surface area contributed by atoms with E-state index in [0.29, 0.717) is 0 Å². The van der Waals surface area contributed by atoms with Gasteiger partial charge in [-0.1, -0.05) is 18.1 Å². The van der Waals surface area contributed by atoms with Crippen LogP contribution >= 0.6 is 0 Å². The molecule has 0 heterocycles. The van der Waals surface area contributed by atoms with Crippen LogP contribution in [0.1, 0.15) is 6.42 Å². The minimum atomic E-state index is 0.169. The molecule has 0 aliphatic heterocycles. The molecule has 1 aliphatic carbocycles. The number of rotatable bonds is 0. The van der Waals surface area contributed by atoms with Crippen LogP contribution < -0.4 is 5.73 Å². The third-order valence-electron chi connectivity index (χ3n) is 1.30. The van der Waals surface area contributed by atoms with Gasteiger partial charge in [0.15, 0.2) is 0 Å². The van der Waals surface area contributed by atoms with E-state index in [9.17, 15) is 0 Å². The number of hydrogen-bond donors (Lipinski definition) is 1. The van der Waals surface area contributed by atoms with E-state index in [1.807, 2.05) is 18.2 Å². The highest BCUT2D eigenvalue weighted by Crippen LogP contribution is 2.06. The van der Waals surface area contributed by atoms with Gasteiger partial charge in [-0.3, -0.25) is 0 Å². The molecule has 0 aromatic carbocycles. The lowest BCUT2D eigenvalue weighted by Gasteiger charge is -2.06. The van der Waals surface area contributed by atoms with Crippen molar-refractivity contribution in [3.05, 3.63) is 23.8 Å². The number of hydrogen-bond acceptors (Lipinski definition) is 1. The molecule has 1 nitrogen and oxygen atoms in total. The summed E-state index contributed by atoms with van der Waals surface area (Å²) in [6.45, 7) is 0. The molecule has 0 saturated heterocycles. The maximum Gasteiger partial charge on any atom is 0.0262 e. The van der Waals surface area contributed by atoms with Crippen molar-refractivity contribution in [1.82, 2.24) is 0 Å². The van der Waals surface area contributed by atoms with Crippen molar-refractivity contribution in [2.24, 2.45) is 5.73 Å². The van der Waals surface area contributed by atoms with Crippen LogP contribution in [0.15, 0.2) is 23.8 Å². The molecule has 0 saturated carbocycles. The predicted molar refractivity (Wildman–Crippen MR) is 38.6 cm³/mol. The van der Waals surface area contributed by atoms with Crippen LogP contribution in [0, 0.1) is 12.3 Å². The molecule has 0 amide bonds. The predicted octanol–water partition coefficient (Wildman–Crippen LogP) is 0.833. The summed E-state index contributed by atoms with van der Waals surface area (Å²) >= 11 is 0. The summed E-state index contributed by atoms with van der Waals surface area (Å²) < 4.78 is 0. The summed E-state index contributed by atoms with van der Waals surface area (Å²) in [5.41, 5.74) is 6.49. The van der Waals surface area contributed by atoms with Crippen molar-refractivity contribution in [2.45, 2.75) is 12.5 Å². The van der Waals surface area contributed by atoms with Crippen molar-refractivity contribution in [1.29, 1.82) is 0 Å². The molecule has 0 aromatic heterocycles. The maximum absolute atomic E-state index is 5.55. The van der Waals surface area contributed by atoms with E-state index in [2.05, 4.69) is 5.92 Å². The Hall–Kier alpha value is -1.00. The van der Waals surface area contributed by atoms with Gasteiger partial charge in [0, 0.05) is 11.6 Å². The Morgan fingerprint density at radius 2 is 2.56 bits per heavy atom. The third-order valence-corrected chi connectivity index (χ3v) is 1.30. The minimum Gasteiger partial charge on any atom is -0.324 e. The second-order valence-corrected chi connectivity index (χ2v) is 2.06. The van der Waals surface area contributed by atoms with Gasteiger partial charge < -0.3 is 5.73 Å². The molecule has 1 rings (SSSR count). The second-order valence-electron chi connectivity index (χ2n) is 2.06. The van der Waals surface area contributed by atoms with Gasteiger partial charge in [0.1, 0.15) is 0 Å². The van der Waals surface area contributed by atoms with Crippen LogP contribution in [0.25, 0.3) is 0 Å². The smallest absolute Gasteiger partial charge is 0.0262 e. The highest BCUT2D eigenvalue weighted by atomic mass is 14.6. The maximum atomic E-state index is 5.55. The average Bonchev–Trinajstić information content (AvgIpc) is 1.90. The van der Waals surface area contributed by atoms with E-state index >= 15 is 0 Å². The summed E-state index contributed by atoms with van der Waals surface area (Å²) in [7, 11) is 0. The molecule has 9 heavy (non-hydrogen) atoms. The Kier molecular flexibility index (Phi) is 1.72. The van der Waals surface area contributed by atoms with Crippen molar-refractivity contribution < 1.29 is 0 Å². The van der Waals surface area contributed by atoms with Crippen molar-refractivity contribution in [3.8, 4) is 12.3 Å². The van der Waals surface area contributed by atoms with Gasteiger partial charge in [-0.15, -0.1) is 6.42 Å². The van der Waals surface area contributed by atoms with Crippen molar-refractivity contribution in [3.63, 3.8) is 0 Å². The number of allylic oxidation sites excluding steroid dienone is 2.